The van der Waals surface area contributed by atoms with Crippen LogP contribution >= 0.6 is 0 Å². The monoisotopic (exact) mass is 233 g/mol. The number of aliphatic hydroxyl groups excluding tert-OH is 1. The van der Waals surface area contributed by atoms with Crippen LogP contribution in [0.4, 0.5) is 5.69 Å². The number of amides is 1. The van der Waals surface area contributed by atoms with Gasteiger partial charge in [-0.05, 0) is 25.1 Å². The van der Waals surface area contributed by atoms with Crippen molar-refractivity contribution in [1.29, 1.82) is 0 Å². The summed E-state index contributed by atoms with van der Waals surface area (Å²) in [6.45, 7) is 1.41. The van der Waals surface area contributed by atoms with Crippen LogP contribution in [0.3, 0.4) is 0 Å². The van der Waals surface area contributed by atoms with E-state index in [-0.39, 0.29) is 11.4 Å². The standard InChI is InChI=1S/C11H11N3O3/c1-6(15)4-10(16)12-7-2-3-8-9(5-7)14-11(17)13-8/h2-5,15H,1H3,(H,12,16)(H2,13,14,17). The number of hydrogen-bond acceptors (Lipinski definition) is 3. The number of carbonyl (C=O) groups excluding carboxylic acids is 1. The van der Waals surface area contributed by atoms with Gasteiger partial charge in [-0.2, -0.15) is 0 Å². The first kappa shape index (κ1) is 11.0. The number of rotatable bonds is 2. The van der Waals surface area contributed by atoms with Gasteiger partial charge in [0.1, 0.15) is 0 Å². The fraction of sp³-hybridized carbons (Fsp3) is 0.0909. The number of allylic oxidation sites excluding steroid dienone is 1. The van der Waals surface area contributed by atoms with E-state index in [2.05, 4.69) is 15.3 Å². The van der Waals surface area contributed by atoms with E-state index in [1.54, 1.807) is 18.2 Å². The molecule has 2 aromatic rings. The number of aromatic amines is 2. The molecule has 1 heterocycles. The Morgan fingerprint density at radius 3 is 2.76 bits per heavy atom. The van der Waals surface area contributed by atoms with Gasteiger partial charge in [-0.3, -0.25) is 4.79 Å². The van der Waals surface area contributed by atoms with E-state index in [0.29, 0.717) is 16.7 Å². The molecule has 0 radical (unpaired) electrons. The Morgan fingerprint density at radius 1 is 1.35 bits per heavy atom. The maximum atomic E-state index is 11.3. The highest BCUT2D eigenvalue weighted by atomic mass is 16.3. The fourth-order valence-corrected chi connectivity index (χ4v) is 1.48. The number of H-pyrrole nitrogens is 2. The van der Waals surface area contributed by atoms with Crippen LogP contribution < -0.4 is 11.0 Å². The van der Waals surface area contributed by atoms with Crippen LogP contribution in [0.2, 0.25) is 0 Å². The van der Waals surface area contributed by atoms with Gasteiger partial charge in [0.2, 0.25) is 0 Å². The van der Waals surface area contributed by atoms with Crippen LogP contribution in [-0.4, -0.2) is 21.0 Å². The number of imidazole rings is 1. The highest BCUT2D eigenvalue weighted by molar-refractivity contribution is 6.00. The van der Waals surface area contributed by atoms with Gasteiger partial charge >= 0.3 is 5.69 Å². The molecule has 0 atom stereocenters. The van der Waals surface area contributed by atoms with Crippen LogP contribution in [0.25, 0.3) is 11.0 Å². The first-order chi connectivity index (χ1) is 8.04. The molecular formula is C11H11N3O3. The third kappa shape index (κ3) is 2.54. The van der Waals surface area contributed by atoms with E-state index >= 15 is 0 Å². The van der Waals surface area contributed by atoms with Crippen molar-refractivity contribution >= 4 is 22.6 Å². The summed E-state index contributed by atoms with van der Waals surface area (Å²) in [5.41, 5.74) is 1.52. The zero-order valence-electron chi connectivity index (χ0n) is 9.07. The predicted octanol–water partition coefficient (Wildman–Crippen LogP) is 1.26. The third-order valence-electron chi connectivity index (χ3n) is 2.12. The molecule has 0 spiro atoms. The number of anilines is 1. The quantitative estimate of drug-likeness (QED) is 0.464. The summed E-state index contributed by atoms with van der Waals surface area (Å²) in [5, 5.41) is 11.5. The second-order valence-corrected chi connectivity index (χ2v) is 3.61. The molecule has 88 valence electrons. The minimum absolute atomic E-state index is 0.0707. The highest BCUT2D eigenvalue weighted by Crippen LogP contribution is 2.14. The van der Waals surface area contributed by atoms with Crippen molar-refractivity contribution in [3.63, 3.8) is 0 Å². The van der Waals surface area contributed by atoms with Gasteiger partial charge in [-0.25, -0.2) is 4.79 Å². The maximum Gasteiger partial charge on any atom is 0.323 e. The fourth-order valence-electron chi connectivity index (χ4n) is 1.48. The summed E-state index contributed by atoms with van der Waals surface area (Å²) in [4.78, 5) is 27.5. The smallest absolute Gasteiger partial charge is 0.323 e. The molecule has 0 unspecified atom stereocenters. The maximum absolute atomic E-state index is 11.3. The van der Waals surface area contributed by atoms with Gasteiger partial charge in [0.25, 0.3) is 5.91 Å². The lowest BCUT2D eigenvalue weighted by Crippen LogP contribution is -2.08. The normalized spacial score (nSPS) is 11.7. The van der Waals surface area contributed by atoms with Crippen molar-refractivity contribution < 1.29 is 9.90 Å². The molecule has 1 amide bonds. The molecule has 0 fully saturated rings. The van der Waals surface area contributed by atoms with Crippen molar-refractivity contribution in [3.8, 4) is 0 Å². The minimum Gasteiger partial charge on any atom is -0.512 e. The number of nitrogens with one attached hydrogen (secondary N) is 3. The molecule has 0 aliphatic heterocycles. The molecule has 6 heteroatoms. The lowest BCUT2D eigenvalue weighted by atomic mass is 10.2. The second kappa shape index (κ2) is 4.17. The van der Waals surface area contributed by atoms with Crippen molar-refractivity contribution in [3.05, 3.63) is 40.5 Å². The molecule has 0 bridgehead atoms. The molecule has 2 rings (SSSR count). The summed E-state index contributed by atoms with van der Waals surface area (Å²) in [5.74, 6) is -0.499. The second-order valence-electron chi connectivity index (χ2n) is 3.61. The number of fused-ring (bicyclic) bond motifs is 1. The van der Waals surface area contributed by atoms with Gasteiger partial charge in [0, 0.05) is 11.8 Å². The number of aromatic nitrogens is 2. The van der Waals surface area contributed by atoms with Gasteiger partial charge in [-0.1, -0.05) is 0 Å². The van der Waals surface area contributed by atoms with Crippen LogP contribution in [0.1, 0.15) is 6.92 Å². The van der Waals surface area contributed by atoms with Crippen molar-refractivity contribution in [2.45, 2.75) is 6.92 Å². The molecule has 0 saturated heterocycles. The van der Waals surface area contributed by atoms with E-state index in [1.165, 1.54) is 6.92 Å². The highest BCUT2D eigenvalue weighted by Gasteiger charge is 2.02. The molecule has 1 aromatic carbocycles. The Hall–Kier alpha value is -2.50. The summed E-state index contributed by atoms with van der Waals surface area (Å²) < 4.78 is 0. The van der Waals surface area contributed by atoms with Crippen LogP contribution in [0, 0.1) is 0 Å². The molecular weight excluding hydrogens is 222 g/mol. The summed E-state index contributed by atoms with van der Waals surface area (Å²) in [6.07, 6.45) is 1.07. The topological polar surface area (TPSA) is 98.0 Å². The van der Waals surface area contributed by atoms with E-state index in [0.717, 1.165) is 6.08 Å². The van der Waals surface area contributed by atoms with Crippen molar-refractivity contribution in [1.82, 2.24) is 9.97 Å². The molecule has 4 N–H and O–H groups in total. The van der Waals surface area contributed by atoms with E-state index in [9.17, 15) is 9.59 Å². The lowest BCUT2D eigenvalue weighted by molar-refractivity contribution is -0.112. The number of benzene rings is 1. The van der Waals surface area contributed by atoms with Crippen molar-refractivity contribution in [2.24, 2.45) is 0 Å². The molecule has 17 heavy (non-hydrogen) atoms. The van der Waals surface area contributed by atoms with Crippen LogP contribution in [-0.2, 0) is 4.79 Å². The summed E-state index contributed by atoms with van der Waals surface area (Å²) >= 11 is 0. The molecule has 0 aliphatic carbocycles. The van der Waals surface area contributed by atoms with Gasteiger partial charge < -0.3 is 20.4 Å². The average molecular weight is 233 g/mol. The Kier molecular flexibility index (Phi) is 2.70. The largest absolute Gasteiger partial charge is 0.512 e. The Labute approximate surface area is 96.0 Å². The van der Waals surface area contributed by atoms with Gasteiger partial charge in [-0.15, -0.1) is 0 Å². The van der Waals surface area contributed by atoms with Gasteiger partial charge in [0.15, 0.2) is 0 Å². The number of carbonyl (C=O) groups is 1. The average Bonchev–Trinajstić information content (AvgIpc) is 2.55. The number of hydrogen-bond donors (Lipinski definition) is 4. The van der Waals surface area contributed by atoms with E-state index in [4.69, 9.17) is 5.11 Å². The number of aliphatic hydroxyl groups is 1. The van der Waals surface area contributed by atoms with E-state index in [1.807, 2.05) is 0 Å². The Balaban J connectivity index is 2.28. The lowest BCUT2D eigenvalue weighted by Gasteiger charge is -2.01. The molecule has 1 aromatic heterocycles. The zero-order valence-corrected chi connectivity index (χ0v) is 9.07. The Bertz CT molecular complexity index is 647. The first-order valence-electron chi connectivity index (χ1n) is 4.95. The first-order valence-corrected chi connectivity index (χ1v) is 4.95. The summed E-state index contributed by atoms with van der Waals surface area (Å²) in [6, 6.07) is 4.97. The summed E-state index contributed by atoms with van der Waals surface area (Å²) in [7, 11) is 0. The van der Waals surface area contributed by atoms with E-state index < -0.39 is 5.91 Å². The minimum atomic E-state index is -0.428. The van der Waals surface area contributed by atoms with Crippen molar-refractivity contribution in [2.75, 3.05) is 5.32 Å². The van der Waals surface area contributed by atoms with Gasteiger partial charge in [0.05, 0.1) is 16.8 Å². The SMILES string of the molecule is CC(O)=CC(=O)Nc1ccc2[nH]c(=O)[nH]c2c1. The molecule has 0 saturated carbocycles. The molecule has 0 aliphatic rings. The zero-order chi connectivity index (χ0) is 12.4. The Morgan fingerprint density at radius 2 is 2.06 bits per heavy atom. The molecule has 6 nitrogen and oxygen atoms in total. The predicted molar refractivity (Wildman–Crippen MR) is 63.9 cm³/mol. The third-order valence-corrected chi connectivity index (χ3v) is 2.12. The van der Waals surface area contributed by atoms with Crippen LogP contribution in [0.5, 0.6) is 0 Å². The van der Waals surface area contributed by atoms with Crippen LogP contribution in [0.15, 0.2) is 34.8 Å².